The van der Waals surface area contributed by atoms with Crippen molar-refractivity contribution in [2.75, 3.05) is 0 Å². The van der Waals surface area contributed by atoms with E-state index in [4.69, 9.17) is 25.2 Å². The van der Waals surface area contributed by atoms with Gasteiger partial charge in [-0.3, -0.25) is 0 Å². The Morgan fingerprint density at radius 3 is 1.21 bits per heavy atom. The van der Waals surface area contributed by atoms with Crippen LogP contribution in [0.15, 0.2) is 24.3 Å². The van der Waals surface area contributed by atoms with Crippen LogP contribution in [0.3, 0.4) is 0 Å². The molecule has 0 unspecified atom stereocenters. The van der Waals surface area contributed by atoms with Gasteiger partial charge in [0.1, 0.15) is 11.5 Å². The molecule has 66 valence electrons. The standard InChI is InChI=1S/C6H6O2.CH2O3.2K/c7-5-1-2-6(8)4-3-5;2-1(3)4;;/h1-4,7-8H;(H2,2,3,4);;/q;;2*+1/p-2. The molecule has 0 aliphatic heterocycles. The van der Waals surface area contributed by atoms with Crippen LogP contribution in [0.5, 0.6) is 11.5 Å². The predicted molar refractivity (Wildman–Crippen MR) is 35.2 cm³/mol. The summed E-state index contributed by atoms with van der Waals surface area (Å²) in [4.78, 5) is 8.33. The SMILES string of the molecule is O=C([O-])[O-].Oc1ccc(O)cc1.[K+].[K+]. The van der Waals surface area contributed by atoms with Crippen molar-refractivity contribution >= 4 is 6.16 Å². The molecule has 14 heavy (non-hydrogen) atoms. The van der Waals surface area contributed by atoms with Crippen LogP contribution < -0.4 is 113 Å². The van der Waals surface area contributed by atoms with Crippen molar-refractivity contribution in [1.29, 1.82) is 0 Å². The third-order valence-corrected chi connectivity index (χ3v) is 0.850. The summed E-state index contributed by atoms with van der Waals surface area (Å²) >= 11 is 0. The maximum Gasteiger partial charge on any atom is 1.00 e. The zero-order valence-corrected chi connectivity index (χ0v) is 14.2. The Morgan fingerprint density at radius 1 is 0.929 bits per heavy atom. The van der Waals surface area contributed by atoms with E-state index in [9.17, 15) is 0 Å². The number of phenols is 2. The molecule has 1 rings (SSSR count). The van der Waals surface area contributed by atoms with Gasteiger partial charge in [-0.05, 0) is 30.4 Å². The van der Waals surface area contributed by atoms with E-state index in [-0.39, 0.29) is 114 Å². The van der Waals surface area contributed by atoms with Crippen molar-refractivity contribution in [3.63, 3.8) is 0 Å². The third kappa shape index (κ3) is 15.8. The molecule has 0 amide bonds. The van der Waals surface area contributed by atoms with Gasteiger partial charge in [0, 0.05) is 0 Å². The van der Waals surface area contributed by atoms with Crippen LogP contribution in [-0.4, -0.2) is 16.4 Å². The molecule has 1 aromatic rings. The Hall–Kier alpha value is 1.36. The third-order valence-electron chi connectivity index (χ3n) is 0.850. The summed E-state index contributed by atoms with van der Waals surface area (Å²) in [6, 6.07) is 5.70. The number of rotatable bonds is 0. The number of carbonyl (C=O) groups is 1. The van der Waals surface area contributed by atoms with Crippen LogP contribution in [-0.2, 0) is 0 Å². The molecular weight excluding hydrogens is 242 g/mol. The Bertz CT molecular complexity index is 224. The van der Waals surface area contributed by atoms with E-state index >= 15 is 0 Å². The van der Waals surface area contributed by atoms with Gasteiger partial charge in [0.05, 0.1) is 0 Å². The smallest absolute Gasteiger partial charge is 0.652 e. The number of hydrogen-bond acceptors (Lipinski definition) is 5. The van der Waals surface area contributed by atoms with Gasteiger partial charge in [0.25, 0.3) is 0 Å². The monoisotopic (exact) mass is 248 g/mol. The van der Waals surface area contributed by atoms with Crippen molar-refractivity contribution in [2.45, 2.75) is 0 Å². The second-order valence-corrected chi connectivity index (χ2v) is 1.77. The average Bonchev–Trinajstić information content (AvgIpc) is 1.94. The van der Waals surface area contributed by atoms with Crippen LogP contribution >= 0.6 is 0 Å². The first kappa shape index (κ1) is 20.7. The summed E-state index contributed by atoms with van der Waals surface area (Å²) in [5.74, 6) is 0.339. The molecule has 0 saturated heterocycles. The molecule has 0 radical (unpaired) electrons. The van der Waals surface area contributed by atoms with Gasteiger partial charge >= 0.3 is 103 Å². The Labute approximate surface area is 166 Å². The zero-order valence-electron chi connectivity index (χ0n) is 7.93. The molecule has 0 saturated carbocycles. The first-order valence-corrected chi connectivity index (χ1v) is 2.88. The summed E-state index contributed by atoms with van der Waals surface area (Å²) in [6.45, 7) is 0. The molecule has 0 spiro atoms. The summed E-state index contributed by atoms with van der Waals surface area (Å²) in [5.41, 5.74) is 0. The number of aromatic hydroxyl groups is 2. The summed E-state index contributed by atoms with van der Waals surface area (Å²) < 4.78 is 0. The van der Waals surface area contributed by atoms with Crippen LogP contribution in [0.4, 0.5) is 4.79 Å². The van der Waals surface area contributed by atoms with Gasteiger partial charge < -0.3 is 25.2 Å². The number of carbonyl (C=O) groups excluding carboxylic acids is 1. The van der Waals surface area contributed by atoms with Crippen LogP contribution in [0.1, 0.15) is 0 Å². The van der Waals surface area contributed by atoms with E-state index in [1.54, 1.807) is 0 Å². The van der Waals surface area contributed by atoms with Gasteiger partial charge in [-0.15, -0.1) is 0 Å². The second kappa shape index (κ2) is 12.4. The second-order valence-electron chi connectivity index (χ2n) is 1.77. The van der Waals surface area contributed by atoms with E-state index in [2.05, 4.69) is 0 Å². The normalized spacial score (nSPS) is 6.86. The summed E-state index contributed by atoms with van der Waals surface area (Å²) in [5, 5.41) is 34.0. The average molecular weight is 248 g/mol. The van der Waals surface area contributed by atoms with Crippen molar-refractivity contribution in [3.8, 4) is 11.5 Å². The summed E-state index contributed by atoms with van der Waals surface area (Å²) in [6.07, 6.45) is -2.33. The molecule has 7 heteroatoms. The number of phenolic OH excluding ortho intramolecular Hbond substituents is 2. The Kier molecular flexibility index (Phi) is 18.4. The van der Waals surface area contributed by atoms with Crippen LogP contribution in [0.2, 0.25) is 0 Å². The first-order chi connectivity index (χ1) is 5.52. The minimum Gasteiger partial charge on any atom is -0.652 e. The quantitative estimate of drug-likeness (QED) is 0.351. The summed E-state index contributed by atoms with van der Waals surface area (Å²) in [7, 11) is 0. The molecule has 0 aromatic heterocycles. The van der Waals surface area contributed by atoms with Crippen molar-refractivity contribution in [1.82, 2.24) is 0 Å². The predicted octanol–water partition coefficient (Wildman–Crippen LogP) is -7.34. The van der Waals surface area contributed by atoms with E-state index < -0.39 is 6.16 Å². The molecule has 5 nitrogen and oxygen atoms in total. The molecule has 0 heterocycles. The fraction of sp³-hybridized carbons (Fsp3) is 0. The first-order valence-electron chi connectivity index (χ1n) is 2.88. The van der Waals surface area contributed by atoms with Gasteiger partial charge in [0.15, 0.2) is 0 Å². The fourth-order valence-corrected chi connectivity index (χ4v) is 0.453. The Balaban J connectivity index is -0.000000180. The maximum absolute atomic E-state index is 8.65. The Morgan fingerprint density at radius 2 is 1.07 bits per heavy atom. The molecule has 0 aliphatic rings. The van der Waals surface area contributed by atoms with Gasteiger partial charge in [-0.2, -0.15) is 0 Å². The molecule has 2 N–H and O–H groups in total. The zero-order chi connectivity index (χ0) is 9.56. The van der Waals surface area contributed by atoms with Crippen molar-refractivity contribution in [3.05, 3.63) is 24.3 Å². The van der Waals surface area contributed by atoms with Crippen molar-refractivity contribution in [2.24, 2.45) is 0 Å². The molecule has 0 atom stereocenters. The van der Waals surface area contributed by atoms with E-state index in [0.29, 0.717) is 0 Å². The number of carboxylic acid groups (broad SMARTS) is 2. The minimum atomic E-state index is -2.33. The number of hydrogen-bond donors (Lipinski definition) is 2. The molecule has 0 bridgehead atoms. The largest absolute Gasteiger partial charge is 1.00 e. The van der Waals surface area contributed by atoms with E-state index in [0.717, 1.165) is 0 Å². The molecule has 1 aromatic carbocycles. The number of benzene rings is 1. The molecule has 0 aliphatic carbocycles. The van der Waals surface area contributed by atoms with E-state index in [1.807, 2.05) is 0 Å². The van der Waals surface area contributed by atoms with E-state index in [1.165, 1.54) is 24.3 Å². The van der Waals surface area contributed by atoms with Gasteiger partial charge in [-0.25, -0.2) is 0 Å². The topological polar surface area (TPSA) is 104 Å². The minimum absolute atomic E-state index is 0. The fourth-order valence-electron chi connectivity index (χ4n) is 0.453. The van der Waals surface area contributed by atoms with Crippen LogP contribution in [0, 0.1) is 0 Å². The molecule has 0 fully saturated rings. The molecular formula is C7H6K2O5. The maximum atomic E-state index is 8.65. The van der Waals surface area contributed by atoms with Gasteiger partial charge in [0.2, 0.25) is 0 Å². The van der Waals surface area contributed by atoms with Crippen LogP contribution in [0.25, 0.3) is 0 Å². The van der Waals surface area contributed by atoms with Crippen molar-refractivity contribution < 1.29 is 128 Å². The van der Waals surface area contributed by atoms with Gasteiger partial charge in [-0.1, -0.05) is 0 Å².